The Labute approximate surface area is 196 Å². The lowest BCUT2D eigenvalue weighted by molar-refractivity contribution is 0.0690. The number of aromatic carboxylic acids is 1. The van der Waals surface area contributed by atoms with Crippen molar-refractivity contribution < 1.29 is 35.8 Å². The number of halogens is 1. The first-order valence-corrected chi connectivity index (χ1v) is 12.2. The predicted molar refractivity (Wildman–Crippen MR) is 118 cm³/mol. The molecule has 4 N–H and O–H groups in total. The first-order valence-electron chi connectivity index (χ1n) is 8.97. The molecule has 13 nitrogen and oxygen atoms in total. The van der Waals surface area contributed by atoms with Crippen molar-refractivity contribution in [1.82, 2.24) is 9.78 Å². The van der Waals surface area contributed by atoms with Gasteiger partial charge < -0.3 is 5.11 Å². The maximum absolute atomic E-state index is 13.0. The zero-order valence-electron chi connectivity index (χ0n) is 17.2. The van der Waals surface area contributed by atoms with Gasteiger partial charge in [-0.15, -0.1) is 10.2 Å². The summed E-state index contributed by atoms with van der Waals surface area (Å²) in [6, 6.07) is 5.63. The second kappa shape index (κ2) is 8.77. The summed E-state index contributed by atoms with van der Waals surface area (Å²) >= 11 is 6.10. The number of carbonyl (C=O) groups is 1. The van der Waals surface area contributed by atoms with Gasteiger partial charge in [0.25, 0.3) is 25.8 Å². The smallest absolute Gasteiger partial charge is 0.356 e. The summed E-state index contributed by atoms with van der Waals surface area (Å²) in [5.74, 6) is -1.62. The Morgan fingerprint density at radius 1 is 1.03 bits per heavy atom. The molecule has 34 heavy (non-hydrogen) atoms. The number of azo groups is 1. The first-order chi connectivity index (χ1) is 15.6. The van der Waals surface area contributed by atoms with E-state index in [0.717, 1.165) is 18.2 Å². The molecule has 3 rings (SSSR count). The summed E-state index contributed by atoms with van der Waals surface area (Å²) in [4.78, 5) is 23.5. The predicted octanol–water partition coefficient (Wildman–Crippen LogP) is 3.04. The molecule has 180 valence electrons. The highest BCUT2D eigenvalue weighted by Crippen LogP contribution is 2.30. The van der Waals surface area contributed by atoms with Gasteiger partial charge in [-0.25, -0.2) is 9.48 Å². The number of H-pyrrole nitrogens is 1. The lowest BCUT2D eigenvalue weighted by Crippen LogP contribution is -2.16. The van der Waals surface area contributed by atoms with Crippen LogP contribution in [0.4, 0.5) is 11.4 Å². The average Bonchev–Trinajstić information content (AvgIpc) is 3.01. The topological polar surface area (TPSA) is 209 Å². The zero-order chi connectivity index (χ0) is 25.6. The van der Waals surface area contributed by atoms with Gasteiger partial charge in [-0.3, -0.25) is 19.0 Å². The molecule has 1 heterocycles. The zero-order valence-corrected chi connectivity index (χ0v) is 19.6. The fourth-order valence-electron chi connectivity index (χ4n) is 2.98. The monoisotopic (exact) mass is 530 g/mol. The average molecular weight is 531 g/mol. The molecule has 0 fully saturated rings. The maximum Gasteiger partial charge on any atom is 0.356 e. The Kier molecular flexibility index (Phi) is 6.51. The summed E-state index contributed by atoms with van der Waals surface area (Å²) in [6.07, 6.45) is 0. The van der Waals surface area contributed by atoms with Crippen molar-refractivity contribution in [2.45, 2.75) is 23.6 Å². The molecular formula is C18H15ClN4O9S2. The van der Waals surface area contributed by atoms with Gasteiger partial charge in [0.05, 0.1) is 15.6 Å². The summed E-state index contributed by atoms with van der Waals surface area (Å²) in [5.41, 5.74) is -2.46. The van der Waals surface area contributed by atoms with Crippen molar-refractivity contribution in [2.24, 2.45) is 10.2 Å². The van der Waals surface area contributed by atoms with E-state index in [9.17, 15) is 40.6 Å². The number of nitrogens with one attached hydrogen (secondary N) is 1. The highest BCUT2D eigenvalue weighted by atomic mass is 35.5. The van der Waals surface area contributed by atoms with Crippen molar-refractivity contribution in [3.8, 4) is 5.69 Å². The Morgan fingerprint density at radius 2 is 1.68 bits per heavy atom. The number of hydrogen-bond acceptors (Lipinski definition) is 8. The maximum atomic E-state index is 13.0. The lowest BCUT2D eigenvalue weighted by Gasteiger charge is -2.10. The van der Waals surface area contributed by atoms with Gasteiger partial charge in [0, 0.05) is 0 Å². The van der Waals surface area contributed by atoms with Crippen LogP contribution >= 0.6 is 11.6 Å². The third-order valence-electron chi connectivity index (χ3n) is 4.48. The van der Waals surface area contributed by atoms with Gasteiger partial charge >= 0.3 is 5.97 Å². The quantitative estimate of drug-likeness (QED) is 0.272. The molecule has 0 amide bonds. The van der Waals surface area contributed by atoms with E-state index in [2.05, 4.69) is 15.3 Å². The number of carboxylic acid groups (broad SMARTS) is 1. The van der Waals surface area contributed by atoms with E-state index < -0.39 is 52.9 Å². The lowest BCUT2D eigenvalue weighted by atomic mass is 10.2. The third kappa shape index (κ3) is 4.92. The summed E-state index contributed by atoms with van der Waals surface area (Å²) < 4.78 is 65.4. The van der Waals surface area contributed by atoms with E-state index in [1.54, 1.807) is 6.92 Å². The van der Waals surface area contributed by atoms with Gasteiger partial charge in [-0.05, 0) is 49.2 Å². The molecule has 0 spiro atoms. The number of carboxylic acids is 1. The Balaban J connectivity index is 2.23. The molecule has 0 aliphatic carbocycles. The molecule has 1 aromatic heterocycles. The molecule has 2 aromatic carbocycles. The van der Waals surface area contributed by atoms with Crippen LogP contribution in [0.2, 0.25) is 5.02 Å². The first kappa shape index (κ1) is 25.3. The SMILES string of the molecule is Cc1ccc(N=Nc2c(C(=O)O)[nH]n(-c3c(C)cc(S(=O)(=O)O)cc3Cl)c2=O)c(S(=O)(=O)O)c1. The molecule has 16 heteroatoms. The van der Waals surface area contributed by atoms with E-state index in [1.165, 1.54) is 19.1 Å². The van der Waals surface area contributed by atoms with Gasteiger partial charge in [-0.2, -0.15) is 16.8 Å². The van der Waals surface area contributed by atoms with Gasteiger partial charge in [0.15, 0.2) is 11.4 Å². The van der Waals surface area contributed by atoms with Gasteiger partial charge in [-0.1, -0.05) is 17.7 Å². The molecule has 0 bridgehead atoms. The fourth-order valence-corrected chi connectivity index (χ4v) is 4.70. The molecule has 3 aromatic rings. The van der Waals surface area contributed by atoms with Crippen molar-refractivity contribution >= 4 is 49.2 Å². The van der Waals surface area contributed by atoms with E-state index in [4.69, 9.17) is 11.6 Å². The van der Waals surface area contributed by atoms with Crippen LogP contribution in [0.15, 0.2) is 55.1 Å². The van der Waals surface area contributed by atoms with E-state index in [1.807, 2.05) is 0 Å². The normalized spacial score (nSPS) is 12.4. The van der Waals surface area contributed by atoms with Gasteiger partial charge in [0.2, 0.25) is 0 Å². The van der Waals surface area contributed by atoms with E-state index >= 15 is 0 Å². The van der Waals surface area contributed by atoms with Crippen LogP contribution in [0, 0.1) is 13.8 Å². The highest BCUT2D eigenvalue weighted by Gasteiger charge is 2.24. The molecule has 0 atom stereocenters. The third-order valence-corrected chi connectivity index (χ3v) is 6.48. The minimum Gasteiger partial charge on any atom is -0.476 e. The van der Waals surface area contributed by atoms with Crippen molar-refractivity contribution in [3.05, 3.63) is 62.5 Å². The number of aryl methyl sites for hydroxylation is 2. The van der Waals surface area contributed by atoms with Crippen LogP contribution in [-0.4, -0.2) is 46.8 Å². The molecular weight excluding hydrogens is 516 g/mol. The molecule has 0 unspecified atom stereocenters. The van der Waals surface area contributed by atoms with Crippen LogP contribution in [-0.2, 0) is 20.2 Å². The molecule has 0 aliphatic rings. The highest BCUT2D eigenvalue weighted by molar-refractivity contribution is 7.86. The molecule has 0 saturated heterocycles. The van der Waals surface area contributed by atoms with Crippen LogP contribution in [0.5, 0.6) is 0 Å². The van der Waals surface area contributed by atoms with Crippen molar-refractivity contribution in [1.29, 1.82) is 0 Å². The van der Waals surface area contributed by atoms with Crippen molar-refractivity contribution in [3.63, 3.8) is 0 Å². The summed E-state index contributed by atoms with van der Waals surface area (Å²) in [6.45, 7) is 2.91. The number of nitrogens with zero attached hydrogens (tertiary/aromatic N) is 3. The summed E-state index contributed by atoms with van der Waals surface area (Å²) in [7, 11) is -9.32. The largest absolute Gasteiger partial charge is 0.476 e. The number of rotatable bonds is 6. The molecule has 0 aliphatic heterocycles. The number of hydrogen-bond donors (Lipinski definition) is 4. The number of aromatic amines is 1. The second-order valence-corrected chi connectivity index (χ2v) is 10.2. The van der Waals surface area contributed by atoms with Crippen molar-refractivity contribution in [2.75, 3.05) is 0 Å². The van der Waals surface area contributed by atoms with Gasteiger partial charge in [0.1, 0.15) is 10.6 Å². The van der Waals surface area contributed by atoms with Crippen LogP contribution in [0.3, 0.4) is 0 Å². The Bertz CT molecular complexity index is 1610. The second-order valence-electron chi connectivity index (χ2n) is 6.97. The van der Waals surface area contributed by atoms with E-state index in [-0.39, 0.29) is 22.0 Å². The van der Waals surface area contributed by atoms with E-state index in [0.29, 0.717) is 10.2 Å². The van der Waals surface area contributed by atoms with Crippen LogP contribution < -0.4 is 5.56 Å². The Morgan fingerprint density at radius 3 is 2.21 bits per heavy atom. The number of benzene rings is 2. The Hall–Kier alpha value is -3.37. The van der Waals surface area contributed by atoms with Crippen LogP contribution in [0.25, 0.3) is 5.69 Å². The fraction of sp³-hybridized carbons (Fsp3) is 0.111. The minimum atomic E-state index is -4.71. The van der Waals surface area contributed by atoms with Crippen LogP contribution in [0.1, 0.15) is 21.6 Å². The molecule has 0 radical (unpaired) electrons. The summed E-state index contributed by atoms with van der Waals surface area (Å²) in [5, 5.41) is 18.7. The molecule has 0 saturated carbocycles. The standard InChI is InChI=1S/C18H15ClN4O9S2/c1-8-3-4-12(13(5-8)34(30,31)32)20-21-14-15(18(25)26)22-23(17(14)24)16-9(2)6-10(7-11(16)19)33(27,28)29/h3-7,22H,1-2H3,(H,25,26)(H,27,28,29)(H,30,31,32). The minimum absolute atomic E-state index is 0.0797. The number of aromatic nitrogens is 2.